The Morgan fingerprint density at radius 1 is 1.18 bits per heavy atom. The molecule has 5 rings (SSSR count). The molecule has 200 valence electrons. The van der Waals surface area contributed by atoms with Crippen LogP contribution >= 0.6 is 0 Å². The molecule has 3 heterocycles. The quantitative estimate of drug-likeness (QED) is 0.290. The number of nitrogens with zero attached hydrogens (tertiary/aromatic N) is 4. The highest BCUT2D eigenvalue weighted by atomic mass is 19.1. The zero-order valence-electron chi connectivity index (χ0n) is 21.7. The molecule has 1 saturated heterocycles. The van der Waals surface area contributed by atoms with Gasteiger partial charge in [-0.3, -0.25) is 14.7 Å². The van der Waals surface area contributed by atoms with E-state index in [1.54, 1.807) is 42.6 Å². The van der Waals surface area contributed by atoms with Crippen LogP contribution in [0.3, 0.4) is 0 Å². The van der Waals surface area contributed by atoms with Crippen molar-refractivity contribution in [1.82, 2.24) is 19.9 Å². The van der Waals surface area contributed by atoms with Crippen LogP contribution in [0.2, 0.25) is 0 Å². The van der Waals surface area contributed by atoms with Gasteiger partial charge in [-0.1, -0.05) is 12.1 Å². The molecule has 2 aromatic heterocycles. The van der Waals surface area contributed by atoms with Crippen molar-refractivity contribution in [3.63, 3.8) is 0 Å². The Bertz CT molecular complexity index is 1500. The molecule has 1 amide bonds. The molecule has 0 bridgehead atoms. The van der Waals surface area contributed by atoms with Crippen molar-refractivity contribution in [2.45, 2.75) is 25.5 Å². The molecule has 0 spiro atoms. The Morgan fingerprint density at radius 3 is 2.82 bits per heavy atom. The van der Waals surface area contributed by atoms with Gasteiger partial charge in [0.05, 0.1) is 29.4 Å². The van der Waals surface area contributed by atoms with E-state index in [1.807, 2.05) is 18.2 Å². The predicted octanol–water partition coefficient (Wildman–Crippen LogP) is 5.08. The largest absolute Gasteiger partial charge is 0.494 e. The van der Waals surface area contributed by atoms with Crippen molar-refractivity contribution in [1.29, 1.82) is 0 Å². The molecule has 1 aliphatic rings. The van der Waals surface area contributed by atoms with Crippen molar-refractivity contribution in [2.75, 3.05) is 31.3 Å². The number of carbonyl (C=O) groups excluding carboxylic acids is 1. The molecule has 0 saturated carbocycles. The normalized spacial score (nSPS) is 15.5. The lowest BCUT2D eigenvalue weighted by atomic mass is 10.1. The van der Waals surface area contributed by atoms with Gasteiger partial charge >= 0.3 is 0 Å². The lowest BCUT2D eigenvalue weighted by Crippen LogP contribution is -2.23. The van der Waals surface area contributed by atoms with Gasteiger partial charge in [-0.15, -0.1) is 0 Å². The second kappa shape index (κ2) is 11.9. The number of aromatic nitrogens is 3. The number of hydrogen-bond acceptors (Lipinski definition) is 8. The van der Waals surface area contributed by atoms with E-state index in [0.29, 0.717) is 39.5 Å². The molecule has 0 radical (unpaired) electrons. The summed E-state index contributed by atoms with van der Waals surface area (Å²) in [5.74, 6) is 0.110. The van der Waals surface area contributed by atoms with Crippen molar-refractivity contribution in [2.24, 2.45) is 0 Å². The van der Waals surface area contributed by atoms with Crippen LogP contribution in [-0.4, -0.2) is 52.5 Å². The van der Waals surface area contributed by atoms with Crippen LogP contribution in [0.1, 0.15) is 18.5 Å². The molecule has 1 unspecified atom stereocenters. The van der Waals surface area contributed by atoms with Gasteiger partial charge in [-0.2, -0.15) is 0 Å². The zero-order chi connectivity index (χ0) is 27.2. The minimum absolute atomic E-state index is 0.109. The number of pyridine rings is 1. The predicted molar refractivity (Wildman–Crippen MR) is 148 cm³/mol. The number of amides is 1. The first-order chi connectivity index (χ1) is 19.0. The number of nitrogens with one attached hydrogen (secondary N) is 2. The van der Waals surface area contributed by atoms with Crippen molar-refractivity contribution in [3.8, 4) is 11.5 Å². The number of rotatable bonds is 9. The van der Waals surface area contributed by atoms with Gasteiger partial charge in [-0.05, 0) is 62.8 Å². The highest BCUT2D eigenvalue weighted by Crippen LogP contribution is 2.38. The van der Waals surface area contributed by atoms with E-state index in [0.717, 1.165) is 19.4 Å². The Balaban J connectivity index is 1.35. The second-order valence-corrected chi connectivity index (χ2v) is 9.18. The van der Waals surface area contributed by atoms with Gasteiger partial charge in [0.1, 0.15) is 18.8 Å². The maximum atomic E-state index is 14.8. The van der Waals surface area contributed by atoms with Crippen molar-refractivity contribution < 1.29 is 18.7 Å². The molecule has 1 atom stereocenters. The molecule has 39 heavy (non-hydrogen) atoms. The summed E-state index contributed by atoms with van der Waals surface area (Å²) in [6.45, 7) is 1.18. The van der Waals surface area contributed by atoms with Crippen LogP contribution in [0.15, 0.2) is 73.2 Å². The van der Waals surface area contributed by atoms with Crippen molar-refractivity contribution in [3.05, 3.63) is 84.7 Å². The molecule has 10 heteroatoms. The Kier molecular flexibility index (Phi) is 7.93. The summed E-state index contributed by atoms with van der Waals surface area (Å²) in [6.07, 6.45) is 8.69. The highest BCUT2D eigenvalue weighted by Gasteiger charge is 2.19. The van der Waals surface area contributed by atoms with E-state index in [2.05, 4.69) is 37.5 Å². The van der Waals surface area contributed by atoms with E-state index in [-0.39, 0.29) is 24.3 Å². The van der Waals surface area contributed by atoms with Crippen LogP contribution in [0, 0.1) is 5.82 Å². The van der Waals surface area contributed by atoms with E-state index in [9.17, 15) is 9.18 Å². The average molecular weight is 529 g/mol. The molecule has 1 fully saturated rings. The Labute approximate surface area is 225 Å². The van der Waals surface area contributed by atoms with Gasteiger partial charge in [-0.25, -0.2) is 14.4 Å². The fourth-order valence-electron chi connectivity index (χ4n) is 4.55. The monoisotopic (exact) mass is 528 g/mol. The summed E-state index contributed by atoms with van der Waals surface area (Å²) in [5, 5.41) is 6.58. The minimum Gasteiger partial charge on any atom is -0.494 e. The number of anilines is 3. The average Bonchev–Trinajstić information content (AvgIpc) is 3.36. The molecule has 4 aromatic rings. The standard InChI is InChI=1S/C29H29FN6O3/c1-36-15-5-7-21(36)9-13-26(37)35-24-11-10-23-27(28(24)38-2)29(33-18-32-23)34-19-8-12-25(22(30)16-19)39-17-20-6-3-4-14-31-20/h3-4,6,8-14,16,18,21H,5,7,15,17H2,1-2H3,(H,35,37)(H,32,33,34)/b13-9+. The molecule has 2 aromatic carbocycles. The third-order valence-corrected chi connectivity index (χ3v) is 6.56. The van der Waals surface area contributed by atoms with E-state index < -0.39 is 5.82 Å². The number of halogens is 1. The first kappa shape index (κ1) is 26.1. The number of likely N-dealkylation sites (tertiary alicyclic amines) is 1. The fourth-order valence-corrected chi connectivity index (χ4v) is 4.55. The van der Waals surface area contributed by atoms with Crippen LogP contribution < -0.4 is 20.1 Å². The van der Waals surface area contributed by atoms with E-state index in [4.69, 9.17) is 9.47 Å². The molecule has 1 aliphatic heterocycles. The Morgan fingerprint density at radius 2 is 2.08 bits per heavy atom. The summed E-state index contributed by atoms with van der Waals surface area (Å²) < 4.78 is 26.1. The molecule has 9 nitrogen and oxygen atoms in total. The summed E-state index contributed by atoms with van der Waals surface area (Å²) in [6, 6.07) is 13.8. The van der Waals surface area contributed by atoms with Crippen molar-refractivity contribution >= 4 is 34.0 Å². The number of benzene rings is 2. The summed E-state index contributed by atoms with van der Waals surface area (Å²) in [7, 11) is 3.56. The first-order valence-corrected chi connectivity index (χ1v) is 12.6. The van der Waals surface area contributed by atoms with Crippen LogP contribution in [-0.2, 0) is 11.4 Å². The summed E-state index contributed by atoms with van der Waals surface area (Å²) in [4.78, 5) is 27.8. The topological polar surface area (TPSA) is 102 Å². The lowest BCUT2D eigenvalue weighted by molar-refractivity contribution is -0.111. The molecular weight excluding hydrogens is 499 g/mol. The number of likely N-dealkylation sites (N-methyl/N-ethyl adjacent to an activating group) is 1. The van der Waals surface area contributed by atoms with Gasteiger partial charge in [0.2, 0.25) is 5.91 Å². The number of carbonyl (C=O) groups is 1. The van der Waals surface area contributed by atoms with Gasteiger partial charge in [0.15, 0.2) is 17.3 Å². The number of methoxy groups -OCH3 is 1. The maximum Gasteiger partial charge on any atom is 0.248 e. The SMILES string of the molecule is COc1c(NC(=O)/C=C/C2CCCN2C)ccc2ncnc(Nc3ccc(OCc4ccccn4)c(F)c3)c12. The number of ether oxygens (including phenoxy) is 2. The smallest absolute Gasteiger partial charge is 0.248 e. The minimum atomic E-state index is -0.533. The first-order valence-electron chi connectivity index (χ1n) is 12.6. The maximum absolute atomic E-state index is 14.8. The van der Waals surface area contributed by atoms with E-state index >= 15 is 0 Å². The van der Waals surface area contributed by atoms with E-state index in [1.165, 1.54) is 19.5 Å². The third kappa shape index (κ3) is 6.12. The van der Waals surface area contributed by atoms with Gasteiger partial charge < -0.3 is 20.1 Å². The summed E-state index contributed by atoms with van der Waals surface area (Å²) >= 11 is 0. The van der Waals surface area contributed by atoms with Gasteiger partial charge in [0, 0.05) is 30.1 Å². The fraction of sp³-hybridized carbons (Fsp3) is 0.241. The Hall–Kier alpha value is -4.57. The zero-order valence-corrected chi connectivity index (χ0v) is 21.7. The number of hydrogen-bond donors (Lipinski definition) is 2. The lowest BCUT2D eigenvalue weighted by Gasteiger charge is -2.16. The van der Waals surface area contributed by atoms with Crippen LogP contribution in [0.4, 0.5) is 21.6 Å². The number of fused-ring (bicyclic) bond motifs is 1. The second-order valence-electron chi connectivity index (χ2n) is 9.18. The van der Waals surface area contributed by atoms with Crippen LogP contribution in [0.5, 0.6) is 11.5 Å². The molecule has 2 N–H and O–H groups in total. The highest BCUT2D eigenvalue weighted by molar-refractivity contribution is 6.06. The molecule has 0 aliphatic carbocycles. The van der Waals surface area contributed by atoms with Gasteiger partial charge in [0.25, 0.3) is 0 Å². The van der Waals surface area contributed by atoms with Crippen LogP contribution in [0.25, 0.3) is 10.9 Å². The third-order valence-electron chi connectivity index (χ3n) is 6.56. The summed E-state index contributed by atoms with van der Waals surface area (Å²) in [5.41, 5.74) is 2.23. The molecular formula is C29H29FN6O3.